The van der Waals surface area contributed by atoms with Crippen LogP contribution in [0.5, 0.6) is 5.75 Å². The first kappa shape index (κ1) is 22.4. The highest BCUT2D eigenvalue weighted by atomic mass is 35.5. The molecule has 34 heavy (non-hydrogen) atoms. The fourth-order valence-corrected chi connectivity index (χ4v) is 4.92. The first-order valence-electron chi connectivity index (χ1n) is 11.2. The van der Waals surface area contributed by atoms with Gasteiger partial charge < -0.3 is 19.5 Å². The van der Waals surface area contributed by atoms with Gasteiger partial charge in [-0.05, 0) is 92.8 Å². The Balaban J connectivity index is 1.61. The molecule has 2 aromatic heterocycles. The lowest BCUT2D eigenvalue weighted by atomic mass is 10.0. The van der Waals surface area contributed by atoms with Gasteiger partial charge in [-0.15, -0.1) is 0 Å². The minimum atomic E-state index is -0.131. The van der Waals surface area contributed by atoms with Crippen LogP contribution in [0.15, 0.2) is 91.3 Å². The van der Waals surface area contributed by atoms with E-state index in [-0.39, 0.29) is 18.2 Å². The Morgan fingerprint density at radius 2 is 1.79 bits per heavy atom. The lowest BCUT2D eigenvalue weighted by molar-refractivity contribution is 0.242. The second-order valence-corrected chi connectivity index (χ2v) is 9.26. The van der Waals surface area contributed by atoms with E-state index >= 15 is 0 Å². The highest BCUT2D eigenvalue weighted by molar-refractivity contribution is 7.80. The van der Waals surface area contributed by atoms with Crippen molar-refractivity contribution in [1.29, 1.82) is 0 Å². The Morgan fingerprint density at radius 1 is 0.971 bits per heavy atom. The lowest BCUT2D eigenvalue weighted by Crippen LogP contribution is -2.30. The molecule has 1 fully saturated rings. The van der Waals surface area contributed by atoms with E-state index in [1.54, 1.807) is 0 Å². The van der Waals surface area contributed by atoms with Crippen LogP contribution in [0.3, 0.4) is 0 Å². The summed E-state index contributed by atoms with van der Waals surface area (Å²) in [6.45, 7) is 4.04. The quantitative estimate of drug-likeness (QED) is 0.314. The number of hydrogen-bond donors (Lipinski definition) is 1. The standard InChI is InChI=1S/C27H25ClN4OS/c1-18(2)33-22-13-11-20(12-14-22)32-26(25(30-27(32)34)23-9-3-4-15-29-23)24-10-6-16-31(24)21-8-5-7-19(28)17-21/h3-18,25-26H,1-2H3,(H,30,34)/t25-,26-/m1/s1. The molecule has 4 aromatic rings. The van der Waals surface area contributed by atoms with Crippen LogP contribution in [0.1, 0.15) is 37.3 Å². The summed E-state index contributed by atoms with van der Waals surface area (Å²) in [6.07, 6.45) is 3.98. The topological polar surface area (TPSA) is 42.3 Å². The van der Waals surface area contributed by atoms with Crippen molar-refractivity contribution in [2.24, 2.45) is 0 Å². The molecule has 3 heterocycles. The van der Waals surface area contributed by atoms with Gasteiger partial charge in [0.1, 0.15) is 11.8 Å². The molecule has 0 aliphatic carbocycles. The number of nitrogens with zero attached hydrogens (tertiary/aromatic N) is 3. The summed E-state index contributed by atoms with van der Waals surface area (Å²) in [5.41, 5.74) is 3.98. The zero-order valence-electron chi connectivity index (χ0n) is 18.9. The molecule has 5 nitrogen and oxygen atoms in total. The number of hydrogen-bond acceptors (Lipinski definition) is 3. The van der Waals surface area contributed by atoms with Crippen LogP contribution in [0, 0.1) is 0 Å². The van der Waals surface area contributed by atoms with Crippen LogP contribution < -0.4 is 15.0 Å². The van der Waals surface area contributed by atoms with Crippen molar-refractivity contribution in [2.75, 3.05) is 4.90 Å². The largest absolute Gasteiger partial charge is 0.491 e. The van der Waals surface area contributed by atoms with Crippen molar-refractivity contribution in [3.63, 3.8) is 0 Å². The third-order valence-electron chi connectivity index (χ3n) is 5.75. The summed E-state index contributed by atoms with van der Waals surface area (Å²) < 4.78 is 8.00. The van der Waals surface area contributed by atoms with Crippen LogP contribution in [0.4, 0.5) is 5.69 Å². The number of pyridine rings is 1. The molecule has 0 amide bonds. The molecule has 1 saturated heterocycles. The molecule has 2 atom stereocenters. The molecule has 0 spiro atoms. The van der Waals surface area contributed by atoms with Crippen molar-refractivity contribution >= 4 is 34.6 Å². The van der Waals surface area contributed by atoms with Gasteiger partial charge in [0, 0.05) is 34.5 Å². The minimum absolute atomic E-state index is 0.114. The lowest BCUT2D eigenvalue weighted by Gasteiger charge is -2.29. The Morgan fingerprint density at radius 3 is 2.50 bits per heavy atom. The minimum Gasteiger partial charge on any atom is -0.491 e. The maximum Gasteiger partial charge on any atom is 0.174 e. The molecule has 0 unspecified atom stereocenters. The van der Waals surface area contributed by atoms with E-state index in [4.69, 9.17) is 28.6 Å². The van der Waals surface area contributed by atoms with Crippen molar-refractivity contribution in [3.8, 4) is 11.4 Å². The predicted molar refractivity (Wildman–Crippen MR) is 141 cm³/mol. The molecule has 172 valence electrons. The molecular formula is C27H25ClN4OS. The molecule has 5 rings (SSSR count). The van der Waals surface area contributed by atoms with Gasteiger partial charge in [-0.25, -0.2) is 0 Å². The van der Waals surface area contributed by atoms with Gasteiger partial charge in [0.25, 0.3) is 0 Å². The first-order valence-corrected chi connectivity index (χ1v) is 12.0. The molecule has 0 radical (unpaired) electrons. The third kappa shape index (κ3) is 4.39. The second kappa shape index (κ2) is 9.49. The van der Waals surface area contributed by atoms with Gasteiger partial charge in [-0.1, -0.05) is 23.7 Å². The number of halogens is 1. The normalized spacial score (nSPS) is 17.8. The van der Waals surface area contributed by atoms with E-state index < -0.39 is 0 Å². The Kier molecular flexibility index (Phi) is 6.26. The van der Waals surface area contributed by atoms with Crippen molar-refractivity contribution < 1.29 is 4.74 Å². The molecule has 1 aliphatic heterocycles. The summed E-state index contributed by atoms with van der Waals surface area (Å²) >= 11 is 12.2. The van der Waals surface area contributed by atoms with E-state index in [1.807, 2.05) is 92.8 Å². The van der Waals surface area contributed by atoms with E-state index in [9.17, 15) is 0 Å². The number of aromatic nitrogens is 2. The fourth-order valence-electron chi connectivity index (χ4n) is 4.39. The maximum atomic E-state index is 6.32. The summed E-state index contributed by atoms with van der Waals surface area (Å²) in [4.78, 5) is 6.80. The Hall–Kier alpha value is -3.35. The summed E-state index contributed by atoms with van der Waals surface area (Å²) in [6, 6.07) is 25.8. The number of anilines is 1. The third-order valence-corrected chi connectivity index (χ3v) is 6.30. The molecule has 1 aliphatic rings. The van der Waals surface area contributed by atoms with Gasteiger partial charge in [-0.2, -0.15) is 0 Å². The number of rotatable bonds is 6. The van der Waals surface area contributed by atoms with E-state index in [0.717, 1.165) is 28.5 Å². The van der Waals surface area contributed by atoms with Crippen LogP contribution in [0.2, 0.25) is 5.02 Å². The SMILES string of the molecule is CC(C)Oc1ccc(N2C(=S)N[C@H](c3ccccn3)[C@H]2c2cccn2-c2cccc(Cl)c2)cc1. The summed E-state index contributed by atoms with van der Waals surface area (Å²) in [7, 11) is 0. The molecule has 2 aromatic carbocycles. The highest BCUT2D eigenvalue weighted by Crippen LogP contribution is 2.42. The first-order chi connectivity index (χ1) is 16.5. The fraction of sp³-hybridized carbons (Fsp3) is 0.185. The zero-order chi connectivity index (χ0) is 23.7. The number of nitrogens with one attached hydrogen (secondary N) is 1. The van der Waals surface area contributed by atoms with Crippen LogP contribution in [0.25, 0.3) is 5.69 Å². The smallest absolute Gasteiger partial charge is 0.174 e. The van der Waals surface area contributed by atoms with Crippen LogP contribution in [-0.2, 0) is 0 Å². The van der Waals surface area contributed by atoms with Crippen LogP contribution >= 0.6 is 23.8 Å². The van der Waals surface area contributed by atoms with Gasteiger partial charge in [0.2, 0.25) is 0 Å². The number of thiocarbonyl (C=S) groups is 1. The van der Waals surface area contributed by atoms with Gasteiger partial charge >= 0.3 is 0 Å². The Labute approximate surface area is 210 Å². The van der Waals surface area contributed by atoms with Gasteiger partial charge in [0.15, 0.2) is 5.11 Å². The van der Waals surface area contributed by atoms with E-state index in [1.165, 1.54) is 0 Å². The number of ether oxygens (including phenoxy) is 1. The Bertz CT molecular complexity index is 1290. The van der Waals surface area contributed by atoms with Gasteiger partial charge in [0.05, 0.1) is 17.8 Å². The molecule has 1 N–H and O–H groups in total. The van der Waals surface area contributed by atoms with Gasteiger partial charge in [-0.3, -0.25) is 4.98 Å². The summed E-state index contributed by atoms with van der Waals surface area (Å²) in [5.74, 6) is 0.831. The molecular weight excluding hydrogens is 464 g/mol. The van der Waals surface area contributed by atoms with Crippen molar-refractivity contribution in [2.45, 2.75) is 32.0 Å². The highest BCUT2D eigenvalue weighted by Gasteiger charge is 2.42. The van der Waals surface area contributed by atoms with Crippen molar-refractivity contribution in [3.05, 3.63) is 108 Å². The van der Waals surface area contributed by atoms with Crippen LogP contribution in [-0.4, -0.2) is 20.8 Å². The average molecular weight is 489 g/mol. The second-order valence-electron chi connectivity index (χ2n) is 8.44. The zero-order valence-corrected chi connectivity index (χ0v) is 20.5. The number of benzene rings is 2. The molecule has 0 bridgehead atoms. The average Bonchev–Trinajstić information content (AvgIpc) is 3.44. The molecule has 7 heteroatoms. The predicted octanol–water partition coefficient (Wildman–Crippen LogP) is 6.49. The van der Waals surface area contributed by atoms with E-state index in [0.29, 0.717) is 10.1 Å². The monoisotopic (exact) mass is 488 g/mol. The van der Waals surface area contributed by atoms with E-state index in [2.05, 4.69) is 32.0 Å². The summed E-state index contributed by atoms with van der Waals surface area (Å²) in [5, 5.41) is 4.86. The maximum absolute atomic E-state index is 6.32. The molecule has 0 saturated carbocycles. The van der Waals surface area contributed by atoms with Crippen molar-refractivity contribution in [1.82, 2.24) is 14.9 Å².